The lowest BCUT2D eigenvalue weighted by Crippen LogP contribution is -2.69. The van der Waals surface area contributed by atoms with Gasteiger partial charge < -0.3 is 25.6 Å². The van der Waals surface area contributed by atoms with E-state index in [1.54, 1.807) is 4.80 Å². The third kappa shape index (κ3) is 5.34. The first kappa shape index (κ1) is 37.7. The van der Waals surface area contributed by atoms with Crippen LogP contribution in [-0.4, -0.2) is 69.3 Å². The van der Waals surface area contributed by atoms with Crippen molar-refractivity contribution in [3.05, 3.63) is 11.6 Å². The summed E-state index contributed by atoms with van der Waals surface area (Å²) in [6, 6.07) is -0.165. The molecule has 1 aromatic heterocycles. The van der Waals surface area contributed by atoms with Crippen molar-refractivity contribution < 1.29 is 19.4 Å². The van der Waals surface area contributed by atoms with E-state index in [9.17, 15) is 9.90 Å². The quantitative estimate of drug-likeness (QED) is 0.205. The predicted molar refractivity (Wildman–Crippen MR) is 196 cm³/mol. The molecule has 10 heteroatoms. The maximum Gasteiger partial charge on any atom is 0.307 e. The molecule has 12 atom stereocenters. The second-order valence-corrected chi connectivity index (χ2v) is 19.3. The number of carboxylic acid groups (broad SMARTS) is 1. The van der Waals surface area contributed by atoms with Gasteiger partial charge in [0.2, 0.25) is 0 Å². The van der Waals surface area contributed by atoms with Gasteiger partial charge in [-0.3, -0.25) is 4.79 Å². The molecule has 10 nitrogen and oxygen atoms in total. The fourth-order valence-corrected chi connectivity index (χ4v) is 12.6. The summed E-state index contributed by atoms with van der Waals surface area (Å²) < 4.78 is 13.9. The zero-order chi connectivity index (χ0) is 36.7. The van der Waals surface area contributed by atoms with Gasteiger partial charge in [0.15, 0.2) is 0 Å². The van der Waals surface area contributed by atoms with Crippen molar-refractivity contribution in [2.24, 2.45) is 62.6 Å². The Kier molecular flexibility index (Phi) is 9.67. The van der Waals surface area contributed by atoms with Crippen LogP contribution in [0.4, 0.5) is 5.95 Å². The lowest BCUT2D eigenvalue weighted by atomic mass is 9.34. The van der Waals surface area contributed by atoms with Crippen LogP contribution in [0.25, 0.3) is 0 Å². The fourth-order valence-electron chi connectivity index (χ4n) is 12.6. The maximum atomic E-state index is 13.5. The number of rotatable bonds is 11. The second-order valence-electron chi connectivity index (χ2n) is 19.3. The topological polar surface area (TPSA) is 137 Å². The molecule has 4 fully saturated rings. The summed E-state index contributed by atoms with van der Waals surface area (Å²) >= 11 is 0. The standard InChI is InChI=1S/C40H68N6O4/c1-12-19-42-39(11,25(4)5)22-50-32-29(46-44-34(41)43-45-46)20-40-23-49-21-36(32,8)30(40)14-13-27-28(40)15-16-38(10)31(33(47)48)35(7,26(6)24(2)3)17-18-37(27,38)9/h15,24-27,29-32,42H,12-14,16-23H2,1-11H3,(H2,41,44)(H,47,48)/t26-,27+,29-,30+,31-,32+,35-,36?,37-,38+,39+,40+/m1/s1. The van der Waals surface area contributed by atoms with Crippen molar-refractivity contribution in [2.75, 3.05) is 32.1 Å². The van der Waals surface area contributed by atoms with E-state index < -0.39 is 11.9 Å². The van der Waals surface area contributed by atoms with E-state index in [2.05, 4.69) is 103 Å². The zero-order valence-corrected chi connectivity index (χ0v) is 33.0. The molecular weight excluding hydrogens is 628 g/mol. The van der Waals surface area contributed by atoms with Crippen LogP contribution < -0.4 is 11.1 Å². The van der Waals surface area contributed by atoms with Crippen molar-refractivity contribution in [1.29, 1.82) is 0 Å². The molecule has 5 aliphatic rings. The van der Waals surface area contributed by atoms with Gasteiger partial charge in [0.05, 0.1) is 31.8 Å². The number of carbonyl (C=O) groups is 1. The zero-order valence-electron chi connectivity index (χ0n) is 33.0. The third-order valence-electron chi connectivity index (χ3n) is 16.4. The van der Waals surface area contributed by atoms with Crippen LogP contribution in [-0.2, 0) is 14.3 Å². The van der Waals surface area contributed by atoms with Crippen molar-refractivity contribution >= 4 is 11.9 Å². The number of fused-ring (bicyclic) bond motifs is 3. The number of aliphatic carboxylic acids is 1. The number of nitrogens with zero attached hydrogens (tertiary/aromatic N) is 4. The largest absolute Gasteiger partial charge is 0.481 e. The summed E-state index contributed by atoms with van der Waals surface area (Å²) in [5.41, 5.74) is 6.14. The first-order valence-electron chi connectivity index (χ1n) is 19.8. The van der Waals surface area contributed by atoms with Crippen molar-refractivity contribution in [2.45, 2.75) is 139 Å². The first-order chi connectivity index (χ1) is 23.3. The van der Waals surface area contributed by atoms with E-state index >= 15 is 0 Å². The van der Waals surface area contributed by atoms with E-state index in [0.29, 0.717) is 49.4 Å². The Morgan fingerprint density at radius 3 is 2.46 bits per heavy atom. The van der Waals surface area contributed by atoms with Crippen LogP contribution in [0.3, 0.4) is 0 Å². The van der Waals surface area contributed by atoms with Crippen molar-refractivity contribution in [1.82, 2.24) is 25.5 Å². The first-order valence-corrected chi connectivity index (χ1v) is 19.8. The summed E-state index contributed by atoms with van der Waals surface area (Å²) in [5, 5.41) is 28.1. The molecule has 0 amide bonds. The number of anilines is 1. The van der Waals surface area contributed by atoms with Gasteiger partial charge in [-0.05, 0) is 109 Å². The second kappa shape index (κ2) is 12.8. The predicted octanol–water partition coefficient (Wildman–Crippen LogP) is 7.18. The van der Waals surface area contributed by atoms with Crippen LogP contribution >= 0.6 is 0 Å². The molecule has 4 N–H and O–H groups in total. The monoisotopic (exact) mass is 697 g/mol. The van der Waals surface area contributed by atoms with Gasteiger partial charge in [0.1, 0.15) is 6.04 Å². The van der Waals surface area contributed by atoms with Gasteiger partial charge >= 0.3 is 5.97 Å². The molecule has 4 aliphatic carbocycles. The number of hydrogen-bond donors (Lipinski definition) is 3. The number of aromatic nitrogens is 4. The number of nitrogens with two attached hydrogens (primary N) is 1. The Labute approximate surface area is 301 Å². The highest BCUT2D eigenvalue weighted by Crippen LogP contribution is 2.75. The molecule has 2 heterocycles. The average Bonchev–Trinajstić information content (AvgIpc) is 3.48. The minimum absolute atomic E-state index is 0.146. The van der Waals surface area contributed by atoms with Gasteiger partial charge in [-0.25, -0.2) is 0 Å². The average molecular weight is 697 g/mol. The summed E-state index contributed by atoms with van der Waals surface area (Å²) in [4.78, 5) is 15.2. The molecule has 0 aromatic carbocycles. The minimum Gasteiger partial charge on any atom is -0.481 e. The number of nitrogen functional groups attached to an aromatic ring is 1. The van der Waals surface area contributed by atoms with Gasteiger partial charge in [0, 0.05) is 16.4 Å². The number of hydrogen-bond acceptors (Lipinski definition) is 8. The lowest BCUT2D eigenvalue weighted by molar-refractivity contribution is -0.254. The number of nitrogens with one attached hydrogen (secondary N) is 1. The summed E-state index contributed by atoms with van der Waals surface area (Å²) in [7, 11) is 0. The lowest BCUT2D eigenvalue weighted by Gasteiger charge is -2.71. The molecule has 1 aromatic rings. The van der Waals surface area contributed by atoms with Gasteiger partial charge in [-0.15, -0.1) is 5.10 Å². The normalized spacial score (nSPS) is 43.0. The molecule has 0 spiro atoms. The molecule has 0 radical (unpaired) electrons. The van der Waals surface area contributed by atoms with Gasteiger partial charge in [0.25, 0.3) is 5.95 Å². The fraction of sp³-hybridized carbons (Fsp3) is 0.900. The smallest absolute Gasteiger partial charge is 0.307 e. The van der Waals surface area contributed by atoms with Crippen LogP contribution in [0.2, 0.25) is 0 Å². The van der Waals surface area contributed by atoms with E-state index in [1.165, 1.54) is 5.57 Å². The molecule has 1 saturated heterocycles. The molecule has 1 aliphatic heterocycles. The maximum absolute atomic E-state index is 13.5. The molecule has 2 bridgehead atoms. The van der Waals surface area contributed by atoms with Gasteiger partial charge in [-0.1, -0.05) is 86.0 Å². The number of tetrazole rings is 1. The summed E-state index contributed by atoms with van der Waals surface area (Å²) in [5.74, 6) is 0.894. The molecule has 50 heavy (non-hydrogen) atoms. The van der Waals surface area contributed by atoms with Crippen LogP contribution in [0, 0.1) is 62.6 Å². The highest BCUT2D eigenvalue weighted by molar-refractivity contribution is 5.73. The molecule has 282 valence electrons. The van der Waals surface area contributed by atoms with Gasteiger partial charge in [-0.2, -0.15) is 4.80 Å². The Balaban J connectivity index is 1.42. The number of carboxylic acids is 1. The van der Waals surface area contributed by atoms with Crippen molar-refractivity contribution in [3.8, 4) is 0 Å². The Morgan fingerprint density at radius 1 is 1.14 bits per heavy atom. The molecular formula is C40H68N6O4. The Bertz CT molecular complexity index is 1460. The summed E-state index contributed by atoms with van der Waals surface area (Å²) in [6.07, 6.45) is 9.03. The van der Waals surface area contributed by atoms with E-state index in [1.807, 2.05) is 0 Å². The Morgan fingerprint density at radius 2 is 1.86 bits per heavy atom. The minimum atomic E-state index is -0.625. The van der Waals surface area contributed by atoms with E-state index in [4.69, 9.17) is 15.2 Å². The van der Waals surface area contributed by atoms with E-state index in [0.717, 1.165) is 51.5 Å². The van der Waals surface area contributed by atoms with E-state index in [-0.39, 0.29) is 50.7 Å². The van der Waals surface area contributed by atoms with Crippen LogP contribution in [0.15, 0.2) is 11.6 Å². The third-order valence-corrected chi connectivity index (χ3v) is 16.4. The summed E-state index contributed by atoms with van der Waals surface area (Å²) in [6.45, 7) is 28.0. The highest BCUT2D eigenvalue weighted by atomic mass is 16.5. The Hall–Kier alpha value is -2.04. The molecule has 6 rings (SSSR count). The number of ether oxygens (including phenoxy) is 2. The molecule has 1 unspecified atom stereocenters. The highest BCUT2D eigenvalue weighted by Gasteiger charge is 2.72. The van der Waals surface area contributed by atoms with Crippen LogP contribution in [0.5, 0.6) is 0 Å². The molecule has 3 saturated carbocycles. The van der Waals surface area contributed by atoms with Crippen molar-refractivity contribution in [3.63, 3.8) is 0 Å². The van der Waals surface area contributed by atoms with Crippen LogP contribution in [0.1, 0.15) is 127 Å². The SMILES string of the molecule is CCCN[C@@](C)(CO[C@H]1[C@H](n2nnc(N)n2)C[C@@]23COCC1(C)[C@@H]2CC[C@H]1C3=CC[C@@]2(C)[C@H](C(=O)O)[C@@](C)([C@H](C)C(C)C)CC[C@]12C)C(C)C. The number of allylic oxidation sites excluding steroid dienone is 1.